The Morgan fingerprint density at radius 1 is 0.508 bits per heavy atom. The van der Waals surface area contributed by atoms with Gasteiger partial charge in [0.2, 0.25) is 0 Å². The van der Waals surface area contributed by atoms with Gasteiger partial charge in [0.25, 0.3) is 0 Å². The van der Waals surface area contributed by atoms with Crippen LogP contribution in [0.4, 0.5) is 11.4 Å². The smallest absolute Gasteiger partial charge is 0.0714 e. The van der Waals surface area contributed by atoms with E-state index in [9.17, 15) is 0 Å². The summed E-state index contributed by atoms with van der Waals surface area (Å²) in [6, 6.07) is 78.6. The minimum absolute atomic E-state index is 0.328. The van der Waals surface area contributed by atoms with Gasteiger partial charge >= 0.3 is 0 Å². The van der Waals surface area contributed by atoms with Gasteiger partial charge < -0.3 is 4.90 Å². The molecule has 0 fully saturated rings. The lowest BCUT2D eigenvalue weighted by Gasteiger charge is -2.35. The molecule has 9 aromatic carbocycles. The number of nitrogens with zero attached hydrogens (tertiary/aromatic N) is 1. The van der Waals surface area contributed by atoms with Gasteiger partial charge in [0, 0.05) is 48.7 Å². The number of anilines is 2. The van der Waals surface area contributed by atoms with Crippen LogP contribution in [0.15, 0.2) is 236 Å². The number of para-hydroxylation sites is 1. The van der Waals surface area contributed by atoms with Crippen LogP contribution in [0.5, 0.6) is 0 Å². The fourth-order valence-corrected chi connectivity index (χ4v) is 11.6. The summed E-state index contributed by atoms with van der Waals surface area (Å²) in [6.45, 7) is 0. The predicted molar refractivity (Wildman–Crippen MR) is 259 cm³/mol. The molecule has 0 saturated heterocycles. The first-order valence-electron chi connectivity index (χ1n) is 21.3. The maximum atomic E-state index is 2.53. The van der Waals surface area contributed by atoms with Crippen LogP contribution in [-0.2, 0) is 5.41 Å². The highest BCUT2D eigenvalue weighted by Crippen LogP contribution is 2.61. The van der Waals surface area contributed by atoms with Crippen molar-refractivity contribution in [1.82, 2.24) is 0 Å². The molecule has 288 valence electrons. The Morgan fingerprint density at radius 2 is 1.16 bits per heavy atom. The Morgan fingerprint density at radius 3 is 1.95 bits per heavy atom. The van der Waals surface area contributed by atoms with Crippen molar-refractivity contribution < 1.29 is 0 Å². The molecule has 0 aliphatic heterocycles. The van der Waals surface area contributed by atoms with E-state index in [1.807, 2.05) is 11.3 Å². The van der Waals surface area contributed by atoms with Crippen molar-refractivity contribution in [2.24, 2.45) is 0 Å². The molecule has 2 aliphatic rings. The van der Waals surface area contributed by atoms with Gasteiger partial charge in [0.15, 0.2) is 0 Å². The molecule has 1 nitrogen and oxygen atoms in total. The van der Waals surface area contributed by atoms with Crippen LogP contribution in [0.1, 0.15) is 40.2 Å². The highest BCUT2D eigenvalue weighted by molar-refractivity contribution is 7.26. The van der Waals surface area contributed by atoms with Crippen LogP contribution in [-0.4, -0.2) is 0 Å². The summed E-state index contributed by atoms with van der Waals surface area (Å²) in [6.07, 6.45) is 8.06. The summed E-state index contributed by atoms with van der Waals surface area (Å²) in [5, 5.41) is 5.23. The minimum Gasteiger partial charge on any atom is -0.311 e. The van der Waals surface area contributed by atoms with Gasteiger partial charge in [-0.05, 0) is 104 Å². The Bertz CT molecular complexity index is 3320. The van der Waals surface area contributed by atoms with Gasteiger partial charge in [-0.1, -0.05) is 188 Å². The van der Waals surface area contributed by atoms with Crippen LogP contribution in [0.3, 0.4) is 0 Å². The molecule has 2 aliphatic carbocycles. The molecule has 0 N–H and O–H groups in total. The van der Waals surface area contributed by atoms with Crippen molar-refractivity contribution in [3.63, 3.8) is 0 Å². The number of hydrogen-bond acceptors (Lipinski definition) is 2. The van der Waals surface area contributed by atoms with Gasteiger partial charge in [-0.2, -0.15) is 0 Å². The molecule has 2 unspecified atom stereocenters. The lowest BCUT2D eigenvalue weighted by Crippen LogP contribution is -2.28. The number of thiophene rings is 1. The first kappa shape index (κ1) is 35.7. The van der Waals surface area contributed by atoms with Crippen LogP contribution in [0, 0.1) is 0 Å². The zero-order valence-corrected chi connectivity index (χ0v) is 34.4. The molecule has 0 saturated carbocycles. The van der Waals surface area contributed by atoms with Crippen molar-refractivity contribution in [3.8, 4) is 22.3 Å². The highest BCUT2D eigenvalue weighted by Gasteiger charge is 2.47. The fourth-order valence-electron chi connectivity index (χ4n) is 10.3. The van der Waals surface area contributed by atoms with Crippen LogP contribution in [0.2, 0.25) is 0 Å². The molecular weight excluding hydrogens is 755 g/mol. The zero-order chi connectivity index (χ0) is 40.3. The Hall–Kier alpha value is -7.26. The first-order chi connectivity index (χ1) is 30.3. The van der Waals surface area contributed by atoms with Crippen molar-refractivity contribution >= 4 is 53.7 Å². The monoisotopic (exact) mass is 795 g/mol. The summed E-state index contributed by atoms with van der Waals surface area (Å²) in [5.41, 5.74) is 14.6. The van der Waals surface area contributed by atoms with E-state index < -0.39 is 5.41 Å². The quantitative estimate of drug-likeness (QED) is 0.155. The first-order valence-corrected chi connectivity index (χ1v) is 22.1. The summed E-state index contributed by atoms with van der Waals surface area (Å²) >= 11 is 1.93. The molecule has 0 spiro atoms. The molecule has 2 atom stereocenters. The molecule has 1 aromatic heterocycles. The average Bonchev–Trinajstić information content (AvgIpc) is 3.87. The zero-order valence-electron chi connectivity index (χ0n) is 33.6. The Balaban J connectivity index is 1.03. The third-order valence-corrected chi connectivity index (χ3v) is 14.2. The molecule has 12 rings (SSSR count). The van der Waals surface area contributed by atoms with E-state index >= 15 is 0 Å². The third kappa shape index (κ3) is 5.67. The average molecular weight is 796 g/mol. The maximum absolute atomic E-state index is 2.53. The van der Waals surface area contributed by atoms with Crippen molar-refractivity contribution in [3.05, 3.63) is 264 Å². The van der Waals surface area contributed by atoms with E-state index in [1.54, 1.807) is 0 Å². The number of hydrogen-bond donors (Lipinski definition) is 0. The van der Waals surface area contributed by atoms with E-state index in [1.165, 1.54) is 86.7 Å². The third-order valence-electron chi connectivity index (χ3n) is 13.1. The molecule has 0 bridgehead atoms. The summed E-state index contributed by atoms with van der Waals surface area (Å²) < 4.78 is 2.67. The van der Waals surface area contributed by atoms with Crippen molar-refractivity contribution in [1.29, 1.82) is 0 Å². The molecule has 10 aromatic rings. The molecular formula is C59H41NS. The van der Waals surface area contributed by atoms with E-state index in [4.69, 9.17) is 0 Å². The van der Waals surface area contributed by atoms with Gasteiger partial charge in [0.1, 0.15) is 0 Å². The number of allylic oxidation sites excluding steroid dienone is 3. The largest absolute Gasteiger partial charge is 0.311 e. The van der Waals surface area contributed by atoms with Crippen molar-refractivity contribution in [2.75, 3.05) is 4.90 Å². The predicted octanol–water partition coefficient (Wildman–Crippen LogP) is 16.0. The van der Waals surface area contributed by atoms with E-state index in [0.29, 0.717) is 5.92 Å². The van der Waals surface area contributed by atoms with Crippen molar-refractivity contribution in [2.45, 2.75) is 17.8 Å². The minimum atomic E-state index is -0.547. The number of fused-ring (bicyclic) bond motifs is 8. The van der Waals surface area contributed by atoms with E-state index in [-0.39, 0.29) is 0 Å². The maximum Gasteiger partial charge on any atom is 0.0714 e. The lowest BCUT2D eigenvalue weighted by molar-refractivity contribution is 0.769. The SMILES string of the molecule is C1=CC(c2ccc3ccccc3c2)CC=C1N(c1ccccc1)c1ccc(C2(c3ccccc3)c3ccccc3-c3c2cc(-c2ccccc2)c2c3sc3ccccc32)cc1. The molecule has 2 heteroatoms. The second-order valence-electron chi connectivity index (χ2n) is 16.3. The lowest BCUT2D eigenvalue weighted by atomic mass is 9.67. The standard InChI is InChI=1S/C59H41NS/c1-4-17-42(18-5-1)52-39-54-57(58-56(52)51-25-13-15-27-55(51)61-58)50-24-12-14-26-53(50)59(54,45-20-6-2-7-21-45)46-32-36-49(37-33-46)60(47-22-8-3-9-23-47)48-34-30-41(31-35-48)44-29-28-40-16-10-11-19-43(40)38-44/h1-30,32-39,41H,31H2. The number of rotatable bonds is 7. The van der Waals surface area contributed by atoms with E-state index in [2.05, 4.69) is 235 Å². The van der Waals surface area contributed by atoms with Crippen LogP contribution >= 0.6 is 11.3 Å². The Labute approximate surface area is 360 Å². The topological polar surface area (TPSA) is 3.24 Å². The summed E-state index contributed by atoms with van der Waals surface area (Å²) in [4.78, 5) is 2.41. The van der Waals surface area contributed by atoms with Gasteiger partial charge in [0.05, 0.1) is 5.41 Å². The normalized spacial score (nSPS) is 16.7. The molecule has 1 heterocycles. The highest BCUT2D eigenvalue weighted by atomic mass is 32.1. The summed E-state index contributed by atoms with van der Waals surface area (Å²) in [5.74, 6) is 0.328. The van der Waals surface area contributed by atoms with Crippen LogP contribution < -0.4 is 4.90 Å². The van der Waals surface area contributed by atoms with Gasteiger partial charge in [-0.25, -0.2) is 0 Å². The second-order valence-corrected chi connectivity index (χ2v) is 17.4. The Kier molecular flexibility index (Phi) is 8.47. The molecule has 61 heavy (non-hydrogen) atoms. The van der Waals surface area contributed by atoms with Gasteiger partial charge in [-0.3, -0.25) is 0 Å². The summed E-state index contributed by atoms with van der Waals surface area (Å²) in [7, 11) is 0. The van der Waals surface area contributed by atoms with E-state index in [0.717, 1.165) is 17.8 Å². The fraction of sp³-hybridized carbons (Fsp3) is 0.0508. The molecule has 0 radical (unpaired) electrons. The molecule has 0 amide bonds. The number of benzene rings is 9. The second kappa shape index (κ2) is 14.5. The van der Waals surface area contributed by atoms with Gasteiger partial charge in [-0.15, -0.1) is 11.3 Å². The van der Waals surface area contributed by atoms with Crippen LogP contribution in [0.25, 0.3) is 53.2 Å².